The third-order valence-corrected chi connectivity index (χ3v) is 2.81. The Bertz CT molecular complexity index is 402. The Morgan fingerprint density at radius 2 is 2.06 bits per heavy atom. The summed E-state index contributed by atoms with van der Waals surface area (Å²) >= 11 is 0. The van der Waals surface area contributed by atoms with E-state index in [4.69, 9.17) is 5.73 Å². The van der Waals surface area contributed by atoms with Crippen molar-refractivity contribution in [1.29, 1.82) is 0 Å². The SMILES string of the molecule is Cc1cc(N)ccc1C(=O)NCCCCN(C)C. The third-order valence-electron chi connectivity index (χ3n) is 2.81. The fourth-order valence-electron chi connectivity index (χ4n) is 1.79. The van der Waals surface area contributed by atoms with Gasteiger partial charge in [-0.15, -0.1) is 0 Å². The van der Waals surface area contributed by atoms with E-state index in [2.05, 4.69) is 24.3 Å². The summed E-state index contributed by atoms with van der Waals surface area (Å²) < 4.78 is 0. The zero-order chi connectivity index (χ0) is 13.5. The van der Waals surface area contributed by atoms with E-state index >= 15 is 0 Å². The van der Waals surface area contributed by atoms with Crippen LogP contribution in [0, 0.1) is 6.92 Å². The van der Waals surface area contributed by atoms with Crippen LogP contribution in [0.1, 0.15) is 28.8 Å². The molecule has 0 bridgehead atoms. The Labute approximate surface area is 109 Å². The van der Waals surface area contributed by atoms with Gasteiger partial charge in [-0.25, -0.2) is 0 Å². The fraction of sp³-hybridized carbons (Fsp3) is 0.500. The number of nitrogens with zero attached hydrogens (tertiary/aromatic N) is 1. The summed E-state index contributed by atoms with van der Waals surface area (Å²) in [6, 6.07) is 5.36. The number of nitrogens with one attached hydrogen (secondary N) is 1. The van der Waals surface area contributed by atoms with Crippen LogP contribution in [0.3, 0.4) is 0 Å². The van der Waals surface area contributed by atoms with Gasteiger partial charge in [-0.2, -0.15) is 0 Å². The summed E-state index contributed by atoms with van der Waals surface area (Å²) in [4.78, 5) is 14.1. The lowest BCUT2D eigenvalue weighted by Crippen LogP contribution is -2.26. The minimum atomic E-state index is -0.0163. The average Bonchev–Trinajstić information content (AvgIpc) is 2.27. The number of hydrogen-bond acceptors (Lipinski definition) is 3. The minimum Gasteiger partial charge on any atom is -0.399 e. The summed E-state index contributed by atoms with van der Waals surface area (Å²) in [6.45, 7) is 3.67. The van der Waals surface area contributed by atoms with Crippen molar-refractivity contribution in [3.63, 3.8) is 0 Å². The number of rotatable bonds is 6. The molecule has 0 aromatic heterocycles. The van der Waals surface area contributed by atoms with Gasteiger partial charge in [0.2, 0.25) is 0 Å². The zero-order valence-corrected chi connectivity index (χ0v) is 11.5. The molecular weight excluding hydrogens is 226 g/mol. The van der Waals surface area contributed by atoms with Crippen molar-refractivity contribution >= 4 is 11.6 Å². The van der Waals surface area contributed by atoms with Gasteiger partial charge in [-0.3, -0.25) is 4.79 Å². The molecule has 4 nitrogen and oxygen atoms in total. The number of aryl methyl sites for hydroxylation is 1. The van der Waals surface area contributed by atoms with E-state index in [1.807, 2.05) is 13.0 Å². The molecule has 100 valence electrons. The summed E-state index contributed by atoms with van der Waals surface area (Å²) in [5.74, 6) is -0.0163. The van der Waals surface area contributed by atoms with Crippen LogP contribution in [-0.2, 0) is 0 Å². The van der Waals surface area contributed by atoms with E-state index in [0.717, 1.165) is 31.5 Å². The molecule has 0 spiro atoms. The highest BCUT2D eigenvalue weighted by molar-refractivity contribution is 5.95. The van der Waals surface area contributed by atoms with Crippen LogP contribution in [0.5, 0.6) is 0 Å². The number of nitrogen functional groups attached to an aromatic ring is 1. The normalized spacial score (nSPS) is 10.7. The highest BCUT2D eigenvalue weighted by Crippen LogP contribution is 2.12. The number of unbranched alkanes of at least 4 members (excludes halogenated alkanes) is 1. The Hall–Kier alpha value is -1.55. The number of nitrogens with two attached hydrogens (primary N) is 1. The predicted molar refractivity (Wildman–Crippen MR) is 75.7 cm³/mol. The molecule has 0 atom stereocenters. The summed E-state index contributed by atoms with van der Waals surface area (Å²) in [7, 11) is 4.10. The first kappa shape index (κ1) is 14.5. The van der Waals surface area contributed by atoms with Crippen LogP contribution in [0.15, 0.2) is 18.2 Å². The third kappa shape index (κ3) is 4.75. The lowest BCUT2D eigenvalue weighted by atomic mass is 10.1. The molecule has 0 radical (unpaired) electrons. The van der Waals surface area contributed by atoms with Gasteiger partial charge in [-0.05, 0) is 64.2 Å². The van der Waals surface area contributed by atoms with E-state index in [1.165, 1.54) is 0 Å². The van der Waals surface area contributed by atoms with E-state index in [0.29, 0.717) is 11.3 Å². The molecule has 4 heteroatoms. The van der Waals surface area contributed by atoms with Crippen LogP contribution in [0.25, 0.3) is 0 Å². The first-order chi connectivity index (χ1) is 8.50. The molecule has 0 aliphatic rings. The number of anilines is 1. The molecule has 1 aromatic carbocycles. The number of amides is 1. The van der Waals surface area contributed by atoms with Crippen molar-refractivity contribution < 1.29 is 4.79 Å². The second-order valence-electron chi connectivity index (χ2n) is 4.84. The van der Waals surface area contributed by atoms with Crippen LogP contribution in [-0.4, -0.2) is 38.0 Å². The molecular formula is C14H23N3O. The van der Waals surface area contributed by atoms with Gasteiger partial charge >= 0.3 is 0 Å². The smallest absolute Gasteiger partial charge is 0.251 e. The molecule has 0 aliphatic heterocycles. The monoisotopic (exact) mass is 249 g/mol. The second-order valence-corrected chi connectivity index (χ2v) is 4.84. The molecule has 0 aliphatic carbocycles. The van der Waals surface area contributed by atoms with Gasteiger partial charge in [0, 0.05) is 17.8 Å². The van der Waals surface area contributed by atoms with E-state index < -0.39 is 0 Å². The van der Waals surface area contributed by atoms with E-state index in [9.17, 15) is 4.79 Å². The van der Waals surface area contributed by atoms with Crippen molar-refractivity contribution in [2.75, 3.05) is 32.9 Å². The van der Waals surface area contributed by atoms with Crippen LogP contribution >= 0.6 is 0 Å². The molecule has 0 unspecified atom stereocenters. The number of carbonyl (C=O) groups excluding carboxylic acids is 1. The van der Waals surface area contributed by atoms with Crippen molar-refractivity contribution in [2.24, 2.45) is 0 Å². The minimum absolute atomic E-state index is 0.0163. The predicted octanol–water partition coefficient (Wildman–Crippen LogP) is 1.65. The van der Waals surface area contributed by atoms with Crippen molar-refractivity contribution in [3.05, 3.63) is 29.3 Å². The van der Waals surface area contributed by atoms with Gasteiger partial charge in [0.05, 0.1) is 0 Å². The molecule has 18 heavy (non-hydrogen) atoms. The van der Waals surface area contributed by atoms with Crippen molar-refractivity contribution in [1.82, 2.24) is 10.2 Å². The molecule has 0 heterocycles. The number of carbonyl (C=O) groups is 1. The highest BCUT2D eigenvalue weighted by Gasteiger charge is 2.07. The standard InChI is InChI=1S/C14H23N3O/c1-11-10-12(15)6-7-13(11)14(18)16-8-4-5-9-17(2)3/h6-7,10H,4-5,8-9,15H2,1-3H3,(H,16,18). The molecule has 1 aromatic rings. The molecule has 0 saturated carbocycles. The Kier molecular flexibility index (Phi) is 5.65. The molecule has 0 saturated heterocycles. The van der Waals surface area contributed by atoms with Crippen LogP contribution in [0.4, 0.5) is 5.69 Å². The van der Waals surface area contributed by atoms with Crippen LogP contribution in [0.2, 0.25) is 0 Å². The lowest BCUT2D eigenvalue weighted by molar-refractivity contribution is 0.0952. The number of hydrogen-bond donors (Lipinski definition) is 2. The van der Waals surface area contributed by atoms with Gasteiger partial charge in [0.25, 0.3) is 5.91 Å². The summed E-state index contributed by atoms with van der Waals surface area (Å²) in [5.41, 5.74) is 7.97. The topological polar surface area (TPSA) is 58.4 Å². The first-order valence-electron chi connectivity index (χ1n) is 6.30. The van der Waals surface area contributed by atoms with Gasteiger partial charge in [0.1, 0.15) is 0 Å². The average molecular weight is 249 g/mol. The Morgan fingerprint density at radius 3 is 2.67 bits per heavy atom. The van der Waals surface area contributed by atoms with Gasteiger partial charge in [0.15, 0.2) is 0 Å². The Morgan fingerprint density at radius 1 is 1.33 bits per heavy atom. The van der Waals surface area contributed by atoms with E-state index in [-0.39, 0.29) is 5.91 Å². The maximum Gasteiger partial charge on any atom is 0.251 e. The van der Waals surface area contributed by atoms with Crippen molar-refractivity contribution in [2.45, 2.75) is 19.8 Å². The van der Waals surface area contributed by atoms with Crippen LogP contribution < -0.4 is 11.1 Å². The molecule has 3 N–H and O–H groups in total. The summed E-state index contributed by atoms with van der Waals surface area (Å²) in [6.07, 6.45) is 2.09. The maximum absolute atomic E-state index is 11.9. The zero-order valence-electron chi connectivity index (χ0n) is 11.5. The summed E-state index contributed by atoms with van der Waals surface area (Å²) in [5, 5.41) is 2.93. The second kappa shape index (κ2) is 7.01. The molecule has 1 rings (SSSR count). The highest BCUT2D eigenvalue weighted by atomic mass is 16.1. The molecule has 0 fully saturated rings. The quantitative estimate of drug-likeness (QED) is 0.595. The lowest BCUT2D eigenvalue weighted by Gasteiger charge is -2.10. The Balaban J connectivity index is 2.36. The fourth-order valence-corrected chi connectivity index (χ4v) is 1.79. The van der Waals surface area contributed by atoms with Gasteiger partial charge < -0.3 is 16.0 Å². The molecule has 1 amide bonds. The largest absolute Gasteiger partial charge is 0.399 e. The van der Waals surface area contributed by atoms with E-state index in [1.54, 1.807) is 12.1 Å². The van der Waals surface area contributed by atoms with Gasteiger partial charge in [-0.1, -0.05) is 0 Å². The number of benzene rings is 1. The first-order valence-corrected chi connectivity index (χ1v) is 6.30. The maximum atomic E-state index is 11.9. The van der Waals surface area contributed by atoms with Crippen molar-refractivity contribution in [3.8, 4) is 0 Å².